The van der Waals surface area contributed by atoms with E-state index in [-0.39, 0.29) is 54.5 Å². The number of primary amides is 1. The van der Waals surface area contributed by atoms with Crippen molar-refractivity contribution >= 4 is 27.7 Å². The first-order chi connectivity index (χ1) is 13.1. The number of sulfonamides is 1. The normalized spacial score (nSPS) is 19.3. The number of carbonyl (C=O) groups excluding carboxylic acids is 3. The van der Waals surface area contributed by atoms with Gasteiger partial charge in [0.05, 0.1) is 0 Å². The van der Waals surface area contributed by atoms with Crippen LogP contribution in [0.15, 0.2) is 17.2 Å². The molecule has 1 aromatic rings. The molecule has 0 aromatic carbocycles. The van der Waals surface area contributed by atoms with Gasteiger partial charge in [0.15, 0.2) is 0 Å². The first-order valence-electron chi connectivity index (χ1n) is 9.16. The number of amides is 3. The van der Waals surface area contributed by atoms with Crippen LogP contribution in [0.3, 0.4) is 0 Å². The summed E-state index contributed by atoms with van der Waals surface area (Å²) in [5, 5.41) is 2.72. The van der Waals surface area contributed by atoms with E-state index in [1.165, 1.54) is 21.1 Å². The van der Waals surface area contributed by atoms with E-state index in [0.717, 1.165) is 12.8 Å². The maximum Gasteiger partial charge on any atom is 0.265 e. The smallest absolute Gasteiger partial charge is 0.265 e. The Morgan fingerprint density at radius 3 is 2.29 bits per heavy atom. The molecule has 11 heteroatoms. The third-order valence-electron chi connectivity index (χ3n) is 5.10. The summed E-state index contributed by atoms with van der Waals surface area (Å²) >= 11 is 0. The van der Waals surface area contributed by atoms with Crippen molar-refractivity contribution in [3.63, 3.8) is 0 Å². The molecule has 2 aliphatic rings. The molecule has 2 heterocycles. The highest BCUT2D eigenvalue weighted by atomic mass is 32.2. The highest BCUT2D eigenvalue weighted by Gasteiger charge is 2.35. The fourth-order valence-corrected chi connectivity index (χ4v) is 4.72. The monoisotopic (exact) mass is 411 g/mol. The minimum atomic E-state index is -3.79. The number of nitrogens with zero attached hydrogens (tertiary/aromatic N) is 3. The van der Waals surface area contributed by atoms with Gasteiger partial charge >= 0.3 is 0 Å². The second-order valence-electron chi connectivity index (χ2n) is 7.27. The lowest BCUT2D eigenvalue weighted by molar-refractivity contribution is -0.137. The molecule has 1 atom stereocenters. The minimum absolute atomic E-state index is 0.00589. The standard InChI is InChI=1S/C17H25N5O5S/c1-11(19-16(24)12-3-4-12)17(25)21-5-7-22(8-6-21)28(26,27)13-9-14(15(18)23)20(2)10-13/h9-12H,3-8H2,1-2H3,(H2,18,23)(H,19,24)/t11-/m0/s1. The van der Waals surface area contributed by atoms with Crippen LogP contribution in [-0.4, -0.2) is 72.1 Å². The minimum Gasteiger partial charge on any atom is -0.364 e. The summed E-state index contributed by atoms with van der Waals surface area (Å²) in [6.07, 6.45) is 3.07. The van der Waals surface area contributed by atoms with Crippen LogP contribution < -0.4 is 11.1 Å². The molecule has 3 rings (SSSR count). The molecule has 10 nitrogen and oxygen atoms in total. The summed E-state index contributed by atoms with van der Waals surface area (Å²) in [6, 6.07) is 0.619. The Kier molecular flexibility index (Phi) is 5.48. The van der Waals surface area contributed by atoms with Crippen molar-refractivity contribution in [1.82, 2.24) is 19.1 Å². The van der Waals surface area contributed by atoms with Crippen LogP contribution in [0.4, 0.5) is 0 Å². The number of hydrogen-bond acceptors (Lipinski definition) is 5. The van der Waals surface area contributed by atoms with Gasteiger partial charge in [0.25, 0.3) is 5.91 Å². The zero-order valence-corrected chi connectivity index (χ0v) is 16.7. The SMILES string of the molecule is C[C@H](NC(=O)C1CC1)C(=O)N1CCN(S(=O)(=O)c2cc(C(N)=O)n(C)c2)CC1. The van der Waals surface area contributed by atoms with Crippen LogP contribution in [0.25, 0.3) is 0 Å². The molecular formula is C17H25N5O5S. The van der Waals surface area contributed by atoms with Crippen LogP contribution in [0.2, 0.25) is 0 Å². The number of hydrogen-bond donors (Lipinski definition) is 2. The molecule has 154 valence electrons. The molecule has 0 bridgehead atoms. The average molecular weight is 411 g/mol. The van der Waals surface area contributed by atoms with Crippen molar-refractivity contribution in [2.45, 2.75) is 30.7 Å². The molecule has 0 radical (unpaired) electrons. The molecule has 1 aliphatic heterocycles. The summed E-state index contributed by atoms with van der Waals surface area (Å²) in [6.45, 7) is 2.38. The lowest BCUT2D eigenvalue weighted by Crippen LogP contribution is -2.55. The van der Waals surface area contributed by atoms with Gasteiger partial charge in [0, 0.05) is 45.3 Å². The van der Waals surface area contributed by atoms with Crippen molar-refractivity contribution in [3.05, 3.63) is 18.0 Å². The molecule has 3 amide bonds. The van der Waals surface area contributed by atoms with Crippen LogP contribution in [0, 0.1) is 5.92 Å². The Bertz CT molecular complexity index is 897. The number of aryl methyl sites for hydroxylation is 1. The summed E-state index contributed by atoms with van der Waals surface area (Å²) in [7, 11) is -2.24. The summed E-state index contributed by atoms with van der Waals surface area (Å²) < 4.78 is 28.3. The molecular weight excluding hydrogens is 386 g/mol. The summed E-state index contributed by atoms with van der Waals surface area (Å²) in [5.74, 6) is -1.01. The molecule has 3 N–H and O–H groups in total. The van der Waals surface area contributed by atoms with Crippen molar-refractivity contribution < 1.29 is 22.8 Å². The van der Waals surface area contributed by atoms with Crippen LogP contribution >= 0.6 is 0 Å². The Hall–Kier alpha value is -2.40. The van der Waals surface area contributed by atoms with Crippen LogP contribution in [0.1, 0.15) is 30.3 Å². The second-order valence-corrected chi connectivity index (χ2v) is 9.21. The quantitative estimate of drug-likeness (QED) is 0.611. The van der Waals surface area contributed by atoms with E-state index in [1.807, 2.05) is 0 Å². The van der Waals surface area contributed by atoms with E-state index in [9.17, 15) is 22.8 Å². The predicted molar refractivity (Wildman–Crippen MR) is 99.6 cm³/mol. The Morgan fingerprint density at radius 2 is 1.79 bits per heavy atom. The van der Waals surface area contributed by atoms with E-state index in [1.54, 1.807) is 18.9 Å². The second kappa shape index (κ2) is 7.55. The topological polar surface area (TPSA) is 135 Å². The fourth-order valence-electron chi connectivity index (χ4n) is 3.23. The zero-order chi connectivity index (χ0) is 20.6. The molecule has 0 unspecified atom stereocenters. The van der Waals surface area contributed by atoms with Crippen molar-refractivity contribution in [2.24, 2.45) is 18.7 Å². The van der Waals surface area contributed by atoms with Gasteiger partial charge in [-0.3, -0.25) is 14.4 Å². The van der Waals surface area contributed by atoms with Gasteiger partial charge in [0.1, 0.15) is 16.6 Å². The van der Waals surface area contributed by atoms with Crippen LogP contribution in [0.5, 0.6) is 0 Å². The number of aromatic nitrogens is 1. The predicted octanol–water partition coefficient (Wildman–Crippen LogP) is -1.13. The third-order valence-corrected chi connectivity index (χ3v) is 6.96. The van der Waals surface area contributed by atoms with Crippen LogP contribution in [-0.2, 0) is 26.7 Å². The molecule has 1 saturated carbocycles. The van der Waals surface area contributed by atoms with Gasteiger partial charge in [-0.15, -0.1) is 0 Å². The molecule has 2 fully saturated rings. The van der Waals surface area contributed by atoms with E-state index < -0.39 is 22.0 Å². The van der Waals surface area contributed by atoms with Gasteiger partial charge in [-0.25, -0.2) is 8.42 Å². The number of rotatable bonds is 6. The van der Waals surface area contributed by atoms with E-state index in [0.29, 0.717) is 0 Å². The molecule has 1 aromatic heterocycles. The molecule has 0 spiro atoms. The Balaban J connectivity index is 1.61. The zero-order valence-electron chi connectivity index (χ0n) is 15.9. The van der Waals surface area contributed by atoms with Crippen molar-refractivity contribution in [2.75, 3.05) is 26.2 Å². The van der Waals surface area contributed by atoms with Gasteiger partial charge in [-0.2, -0.15) is 4.31 Å². The highest BCUT2D eigenvalue weighted by Crippen LogP contribution is 2.29. The Labute approximate surface area is 163 Å². The molecule has 28 heavy (non-hydrogen) atoms. The van der Waals surface area contributed by atoms with Gasteiger partial charge < -0.3 is 20.5 Å². The maximum atomic E-state index is 12.8. The number of nitrogens with one attached hydrogen (secondary N) is 1. The fraction of sp³-hybridized carbons (Fsp3) is 0.588. The van der Waals surface area contributed by atoms with E-state index in [4.69, 9.17) is 5.73 Å². The molecule has 1 aliphatic carbocycles. The highest BCUT2D eigenvalue weighted by molar-refractivity contribution is 7.89. The lowest BCUT2D eigenvalue weighted by Gasteiger charge is -2.35. The third kappa shape index (κ3) is 4.04. The summed E-state index contributed by atoms with van der Waals surface area (Å²) in [5.41, 5.74) is 5.35. The largest absolute Gasteiger partial charge is 0.364 e. The maximum absolute atomic E-state index is 12.8. The average Bonchev–Trinajstić information content (AvgIpc) is 3.42. The van der Waals surface area contributed by atoms with Crippen molar-refractivity contribution in [1.29, 1.82) is 0 Å². The van der Waals surface area contributed by atoms with Gasteiger partial charge in [0.2, 0.25) is 21.8 Å². The first-order valence-corrected chi connectivity index (χ1v) is 10.6. The number of carbonyl (C=O) groups is 3. The van der Waals surface area contributed by atoms with E-state index in [2.05, 4.69) is 5.32 Å². The first kappa shape index (κ1) is 20.3. The Morgan fingerprint density at radius 1 is 1.18 bits per heavy atom. The number of nitrogens with two attached hydrogens (primary N) is 1. The molecule has 1 saturated heterocycles. The lowest BCUT2D eigenvalue weighted by atomic mass is 10.2. The number of piperazine rings is 1. The van der Waals surface area contributed by atoms with Gasteiger partial charge in [-0.05, 0) is 25.8 Å². The van der Waals surface area contributed by atoms with Crippen molar-refractivity contribution in [3.8, 4) is 0 Å². The van der Waals surface area contributed by atoms with E-state index >= 15 is 0 Å². The van der Waals surface area contributed by atoms with Gasteiger partial charge in [-0.1, -0.05) is 0 Å². The summed E-state index contributed by atoms with van der Waals surface area (Å²) in [4.78, 5) is 37.2.